The van der Waals surface area contributed by atoms with Gasteiger partial charge in [0.25, 0.3) is 0 Å². The number of methoxy groups -OCH3 is 2. The van der Waals surface area contributed by atoms with Crippen molar-refractivity contribution >= 4 is 15.9 Å². The Balaban J connectivity index is 1.60. The second-order valence-corrected chi connectivity index (χ2v) is 9.79. The number of amides is 1. The summed E-state index contributed by atoms with van der Waals surface area (Å²) in [7, 11) is -0.849. The van der Waals surface area contributed by atoms with Crippen molar-refractivity contribution < 1.29 is 22.7 Å². The fourth-order valence-corrected chi connectivity index (χ4v) is 5.26. The zero-order chi connectivity index (χ0) is 23.0. The molecule has 1 fully saturated rings. The van der Waals surface area contributed by atoms with Crippen LogP contribution < -0.4 is 19.5 Å². The zero-order valence-electron chi connectivity index (χ0n) is 18.7. The van der Waals surface area contributed by atoms with Crippen molar-refractivity contribution in [3.8, 4) is 11.5 Å². The Morgan fingerprint density at radius 2 is 1.69 bits per heavy atom. The molecule has 32 heavy (non-hydrogen) atoms. The number of ether oxygens (including phenoxy) is 2. The summed E-state index contributed by atoms with van der Waals surface area (Å²) in [5, 5.41) is 3.15. The van der Waals surface area contributed by atoms with Crippen LogP contribution in [0.3, 0.4) is 0 Å². The molecular weight excluding hydrogens is 428 g/mol. The molecule has 7 nitrogen and oxygen atoms in total. The first-order chi connectivity index (χ1) is 15.4. The average molecular weight is 461 g/mol. The van der Waals surface area contributed by atoms with Crippen LogP contribution in [0.4, 0.5) is 0 Å². The molecule has 1 amide bonds. The van der Waals surface area contributed by atoms with E-state index in [1.54, 1.807) is 0 Å². The van der Waals surface area contributed by atoms with Crippen LogP contribution in [0.15, 0.2) is 53.4 Å². The molecule has 3 rings (SSSR count). The highest BCUT2D eigenvalue weighted by molar-refractivity contribution is 7.89. The summed E-state index contributed by atoms with van der Waals surface area (Å²) in [6, 6.07) is 14.3. The Kier molecular flexibility index (Phi) is 8.53. The lowest BCUT2D eigenvalue weighted by Crippen LogP contribution is -2.36. The van der Waals surface area contributed by atoms with Crippen molar-refractivity contribution in [2.24, 2.45) is 5.92 Å². The molecule has 174 valence electrons. The summed E-state index contributed by atoms with van der Waals surface area (Å²) in [5.41, 5.74) is 1.10. The summed E-state index contributed by atoms with van der Waals surface area (Å²) in [6.45, 7) is 0.00862. The van der Waals surface area contributed by atoms with Gasteiger partial charge < -0.3 is 14.8 Å². The average Bonchev–Trinajstić information content (AvgIpc) is 2.83. The van der Waals surface area contributed by atoms with Gasteiger partial charge in [-0.1, -0.05) is 49.6 Å². The van der Waals surface area contributed by atoms with Crippen LogP contribution in [0.5, 0.6) is 11.5 Å². The molecule has 0 saturated heterocycles. The highest BCUT2D eigenvalue weighted by atomic mass is 32.2. The van der Waals surface area contributed by atoms with E-state index in [4.69, 9.17) is 9.47 Å². The molecule has 2 N–H and O–H groups in total. The van der Waals surface area contributed by atoms with Crippen molar-refractivity contribution in [3.63, 3.8) is 0 Å². The van der Waals surface area contributed by atoms with E-state index in [1.807, 2.05) is 30.3 Å². The SMILES string of the molecule is COc1ccc(S(=O)(=O)NCCC(=O)NC(c2ccccc2)C2CCCCC2)cc1OC. The minimum atomic E-state index is -3.78. The fraction of sp³-hybridized carbons (Fsp3) is 0.458. The Labute approximate surface area is 190 Å². The minimum Gasteiger partial charge on any atom is -0.493 e. The van der Waals surface area contributed by atoms with Crippen molar-refractivity contribution in [1.82, 2.24) is 10.0 Å². The van der Waals surface area contributed by atoms with E-state index in [-0.39, 0.29) is 29.8 Å². The topological polar surface area (TPSA) is 93.7 Å². The van der Waals surface area contributed by atoms with Gasteiger partial charge in [-0.3, -0.25) is 4.79 Å². The molecule has 1 atom stereocenters. The van der Waals surface area contributed by atoms with Gasteiger partial charge in [-0.15, -0.1) is 0 Å². The molecule has 0 heterocycles. The Bertz CT molecular complexity index is 989. The summed E-state index contributed by atoms with van der Waals surface area (Å²) in [5.74, 6) is 1.00. The number of nitrogens with one attached hydrogen (secondary N) is 2. The van der Waals surface area contributed by atoms with Gasteiger partial charge in [0.15, 0.2) is 11.5 Å². The van der Waals surface area contributed by atoms with E-state index >= 15 is 0 Å². The lowest BCUT2D eigenvalue weighted by Gasteiger charge is -2.31. The normalized spacial score (nSPS) is 15.7. The third-order valence-electron chi connectivity index (χ3n) is 5.91. The third kappa shape index (κ3) is 6.23. The molecule has 0 aliphatic heterocycles. The highest BCUT2D eigenvalue weighted by Crippen LogP contribution is 2.34. The predicted molar refractivity (Wildman–Crippen MR) is 123 cm³/mol. The van der Waals surface area contributed by atoms with Crippen LogP contribution in [0.25, 0.3) is 0 Å². The molecule has 1 unspecified atom stereocenters. The van der Waals surface area contributed by atoms with Crippen molar-refractivity contribution in [3.05, 3.63) is 54.1 Å². The Morgan fingerprint density at radius 1 is 1.00 bits per heavy atom. The maximum atomic E-state index is 12.7. The Hall–Kier alpha value is -2.58. The summed E-state index contributed by atoms with van der Waals surface area (Å²) >= 11 is 0. The van der Waals surface area contributed by atoms with E-state index in [2.05, 4.69) is 10.0 Å². The summed E-state index contributed by atoms with van der Waals surface area (Å²) in [4.78, 5) is 12.7. The first-order valence-electron chi connectivity index (χ1n) is 11.0. The molecule has 2 aromatic carbocycles. The van der Waals surface area contributed by atoms with Crippen LogP contribution in [0, 0.1) is 5.92 Å². The van der Waals surface area contributed by atoms with E-state index in [0.29, 0.717) is 17.4 Å². The van der Waals surface area contributed by atoms with Gasteiger partial charge >= 0.3 is 0 Å². The smallest absolute Gasteiger partial charge is 0.240 e. The quantitative estimate of drug-likeness (QED) is 0.562. The molecule has 0 aromatic heterocycles. The van der Waals surface area contributed by atoms with Gasteiger partial charge in [-0.25, -0.2) is 13.1 Å². The first kappa shape index (κ1) is 24.1. The van der Waals surface area contributed by atoms with Crippen LogP contribution in [-0.4, -0.2) is 35.1 Å². The second kappa shape index (κ2) is 11.3. The lowest BCUT2D eigenvalue weighted by molar-refractivity contribution is -0.122. The number of carbonyl (C=O) groups excluding carboxylic acids is 1. The molecule has 1 aliphatic carbocycles. The van der Waals surface area contributed by atoms with E-state index in [9.17, 15) is 13.2 Å². The minimum absolute atomic E-state index is 0.00862. The van der Waals surface area contributed by atoms with Crippen LogP contribution in [0.1, 0.15) is 50.1 Å². The van der Waals surface area contributed by atoms with Crippen molar-refractivity contribution in [1.29, 1.82) is 0 Å². The molecule has 2 aromatic rings. The van der Waals surface area contributed by atoms with Crippen LogP contribution in [0.2, 0.25) is 0 Å². The van der Waals surface area contributed by atoms with Gasteiger partial charge in [0.05, 0.1) is 25.2 Å². The van der Waals surface area contributed by atoms with E-state index < -0.39 is 10.0 Å². The molecule has 8 heteroatoms. The largest absolute Gasteiger partial charge is 0.493 e. The number of carbonyl (C=O) groups is 1. The number of sulfonamides is 1. The molecule has 0 bridgehead atoms. The predicted octanol–water partition coefficient (Wildman–Crippen LogP) is 3.81. The van der Waals surface area contributed by atoms with Gasteiger partial charge in [0.2, 0.25) is 15.9 Å². The van der Waals surface area contributed by atoms with Gasteiger partial charge in [0.1, 0.15) is 0 Å². The van der Waals surface area contributed by atoms with Crippen LogP contribution in [-0.2, 0) is 14.8 Å². The molecular formula is C24H32N2O5S. The zero-order valence-corrected chi connectivity index (χ0v) is 19.5. The van der Waals surface area contributed by atoms with Crippen molar-refractivity contribution in [2.45, 2.75) is 49.5 Å². The number of hydrogen-bond acceptors (Lipinski definition) is 5. The fourth-order valence-electron chi connectivity index (χ4n) is 4.21. The maximum absolute atomic E-state index is 12.7. The van der Waals surface area contributed by atoms with Gasteiger partial charge in [-0.2, -0.15) is 0 Å². The monoisotopic (exact) mass is 460 g/mol. The summed E-state index contributed by atoms with van der Waals surface area (Å²) < 4.78 is 38.1. The van der Waals surface area contributed by atoms with E-state index in [0.717, 1.165) is 18.4 Å². The standard InChI is InChI=1S/C24H32N2O5S/c1-30-21-14-13-20(17-22(21)31-2)32(28,29)25-16-15-23(27)26-24(18-9-5-3-6-10-18)19-11-7-4-8-12-19/h3,5-6,9-10,13-14,17,19,24-25H,4,7-8,11-12,15-16H2,1-2H3,(H,26,27). The number of benzene rings is 2. The lowest BCUT2D eigenvalue weighted by atomic mass is 9.81. The maximum Gasteiger partial charge on any atom is 0.240 e. The number of hydrogen-bond donors (Lipinski definition) is 2. The molecule has 1 saturated carbocycles. The molecule has 0 radical (unpaired) electrons. The van der Waals surface area contributed by atoms with Gasteiger partial charge in [-0.05, 0) is 36.5 Å². The van der Waals surface area contributed by atoms with Crippen LogP contribution >= 0.6 is 0 Å². The number of rotatable bonds is 10. The van der Waals surface area contributed by atoms with Gasteiger partial charge in [0, 0.05) is 19.0 Å². The van der Waals surface area contributed by atoms with E-state index in [1.165, 1.54) is 51.7 Å². The summed E-state index contributed by atoms with van der Waals surface area (Å²) in [6.07, 6.45) is 5.83. The second-order valence-electron chi connectivity index (χ2n) is 8.02. The van der Waals surface area contributed by atoms with Crippen molar-refractivity contribution in [2.75, 3.05) is 20.8 Å². The molecule has 0 spiro atoms. The third-order valence-corrected chi connectivity index (χ3v) is 7.36. The molecule has 1 aliphatic rings. The first-order valence-corrected chi connectivity index (χ1v) is 12.5. The highest BCUT2D eigenvalue weighted by Gasteiger charge is 2.26. The Morgan fingerprint density at radius 3 is 2.34 bits per heavy atom.